The third kappa shape index (κ3) is 3.61. The lowest BCUT2D eigenvalue weighted by atomic mass is 9.90. The molecule has 0 atom stereocenters. The van der Waals surface area contributed by atoms with Crippen LogP contribution in [0.2, 0.25) is 0 Å². The van der Waals surface area contributed by atoms with Crippen LogP contribution in [0.25, 0.3) is 11.1 Å². The summed E-state index contributed by atoms with van der Waals surface area (Å²) in [5, 5.41) is 38.3. The van der Waals surface area contributed by atoms with Crippen LogP contribution in [0.5, 0.6) is 11.5 Å². The van der Waals surface area contributed by atoms with Gasteiger partial charge in [-0.2, -0.15) is 0 Å². The van der Waals surface area contributed by atoms with E-state index < -0.39 is 0 Å². The molecule has 0 saturated heterocycles. The van der Waals surface area contributed by atoms with Gasteiger partial charge in [-0.15, -0.1) is 0 Å². The molecule has 0 aliphatic carbocycles. The molecule has 2 aromatic rings. The fourth-order valence-corrected chi connectivity index (χ4v) is 2.98. The molecule has 0 radical (unpaired) electrons. The van der Waals surface area contributed by atoms with Crippen LogP contribution in [0.1, 0.15) is 48.9 Å². The van der Waals surface area contributed by atoms with E-state index in [0.717, 1.165) is 35.1 Å². The Kier molecular flexibility index (Phi) is 6.01. The Morgan fingerprint density at radius 1 is 0.708 bits per heavy atom. The minimum Gasteiger partial charge on any atom is -0.508 e. The number of allylic oxidation sites excluding steroid dienone is 2. The van der Waals surface area contributed by atoms with Gasteiger partial charge in [0.15, 0.2) is 0 Å². The quantitative estimate of drug-likeness (QED) is 0.608. The van der Waals surface area contributed by atoms with Gasteiger partial charge in [0, 0.05) is 11.1 Å². The normalized spacial score (nSPS) is 12.2. The summed E-state index contributed by atoms with van der Waals surface area (Å²) in [6.07, 6.45) is 1.57. The van der Waals surface area contributed by atoms with E-state index in [1.807, 2.05) is 12.1 Å². The average molecular weight is 328 g/mol. The Morgan fingerprint density at radius 3 is 1.38 bits per heavy atom. The molecule has 2 aromatic carbocycles. The van der Waals surface area contributed by atoms with E-state index in [2.05, 4.69) is 13.8 Å². The molecule has 128 valence electrons. The highest BCUT2D eigenvalue weighted by Gasteiger charge is 2.12. The van der Waals surface area contributed by atoms with Crippen LogP contribution in [0.3, 0.4) is 0 Å². The molecular weight excluding hydrogens is 304 g/mol. The minimum atomic E-state index is -0.216. The summed E-state index contributed by atoms with van der Waals surface area (Å²) in [4.78, 5) is 0. The molecule has 0 amide bonds. The number of hydrogen-bond acceptors (Lipinski definition) is 4. The molecule has 0 bridgehead atoms. The molecular formula is C20H24O4. The van der Waals surface area contributed by atoms with Gasteiger partial charge in [-0.25, -0.2) is 0 Å². The maximum Gasteiger partial charge on any atom is 0.121 e. The summed E-state index contributed by atoms with van der Waals surface area (Å²) in [7, 11) is 0. The number of benzene rings is 2. The molecule has 0 fully saturated rings. The molecule has 0 unspecified atom stereocenters. The molecule has 2 rings (SSSR count). The first-order valence-electron chi connectivity index (χ1n) is 8.13. The first-order chi connectivity index (χ1) is 11.5. The van der Waals surface area contributed by atoms with Gasteiger partial charge in [-0.05, 0) is 59.4 Å². The second kappa shape index (κ2) is 7.99. The van der Waals surface area contributed by atoms with E-state index in [0.29, 0.717) is 11.1 Å². The predicted octanol–water partition coefficient (Wildman–Crippen LogP) is 3.81. The summed E-state index contributed by atoms with van der Waals surface area (Å²) >= 11 is 0. The molecule has 0 heterocycles. The Labute approximate surface area is 142 Å². The van der Waals surface area contributed by atoms with Crippen molar-refractivity contribution < 1.29 is 20.4 Å². The van der Waals surface area contributed by atoms with Crippen molar-refractivity contribution in [3.8, 4) is 11.5 Å². The number of aliphatic hydroxyl groups is 2. The van der Waals surface area contributed by atoms with Crippen LogP contribution < -0.4 is 0 Å². The number of phenols is 2. The molecule has 4 N–H and O–H groups in total. The smallest absolute Gasteiger partial charge is 0.121 e. The Bertz CT molecular complexity index is 684. The third-order valence-electron chi connectivity index (χ3n) is 4.27. The van der Waals surface area contributed by atoms with E-state index in [4.69, 9.17) is 0 Å². The van der Waals surface area contributed by atoms with Gasteiger partial charge in [-0.1, -0.05) is 26.0 Å². The van der Waals surface area contributed by atoms with Crippen molar-refractivity contribution in [2.75, 3.05) is 0 Å². The third-order valence-corrected chi connectivity index (χ3v) is 4.27. The fraction of sp³-hybridized carbons (Fsp3) is 0.300. The molecule has 24 heavy (non-hydrogen) atoms. The van der Waals surface area contributed by atoms with Gasteiger partial charge in [0.1, 0.15) is 11.5 Å². The predicted molar refractivity (Wildman–Crippen MR) is 95.5 cm³/mol. The van der Waals surface area contributed by atoms with E-state index >= 15 is 0 Å². The van der Waals surface area contributed by atoms with Gasteiger partial charge in [0.05, 0.1) is 13.2 Å². The van der Waals surface area contributed by atoms with Crippen molar-refractivity contribution in [1.29, 1.82) is 0 Å². The zero-order valence-electron chi connectivity index (χ0n) is 14.1. The molecule has 4 nitrogen and oxygen atoms in total. The number of hydrogen-bond donors (Lipinski definition) is 4. The molecule has 0 aromatic heterocycles. The first kappa shape index (κ1) is 18.0. The molecule has 0 aliphatic heterocycles. The summed E-state index contributed by atoms with van der Waals surface area (Å²) in [5.74, 6) is 0.170. The van der Waals surface area contributed by atoms with Gasteiger partial charge in [-0.3, -0.25) is 0 Å². The van der Waals surface area contributed by atoms with Crippen molar-refractivity contribution in [1.82, 2.24) is 0 Å². The molecule has 4 heteroatoms. The Hall–Kier alpha value is -2.30. The van der Waals surface area contributed by atoms with Crippen LogP contribution in [-0.4, -0.2) is 20.4 Å². The summed E-state index contributed by atoms with van der Waals surface area (Å²) in [5.41, 5.74) is 5.12. The van der Waals surface area contributed by atoms with Gasteiger partial charge >= 0.3 is 0 Å². The zero-order valence-corrected chi connectivity index (χ0v) is 14.1. The van der Waals surface area contributed by atoms with Crippen LogP contribution in [0.4, 0.5) is 0 Å². The summed E-state index contributed by atoms with van der Waals surface area (Å²) in [6.45, 7) is 3.69. The number of rotatable bonds is 6. The van der Waals surface area contributed by atoms with Crippen molar-refractivity contribution >= 4 is 11.1 Å². The molecule has 0 aliphatic rings. The lowest BCUT2D eigenvalue weighted by molar-refractivity contribution is 0.275. The lowest BCUT2D eigenvalue weighted by Gasteiger charge is -2.16. The van der Waals surface area contributed by atoms with E-state index in [-0.39, 0.29) is 24.7 Å². The van der Waals surface area contributed by atoms with Crippen LogP contribution in [0.15, 0.2) is 36.4 Å². The largest absolute Gasteiger partial charge is 0.508 e. The summed E-state index contributed by atoms with van der Waals surface area (Å²) in [6, 6.07) is 10.5. The van der Waals surface area contributed by atoms with Crippen molar-refractivity contribution in [3.05, 3.63) is 58.7 Å². The Morgan fingerprint density at radius 2 is 1.08 bits per heavy atom. The van der Waals surface area contributed by atoms with Gasteiger partial charge in [0.25, 0.3) is 0 Å². The topological polar surface area (TPSA) is 80.9 Å². The van der Waals surface area contributed by atoms with Gasteiger partial charge < -0.3 is 20.4 Å². The maximum absolute atomic E-state index is 9.77. The first-order valence-corrected chi connectivity index (χ1v) is 8.13. The fourth-order valence-electron chi connectivity index (χ4n) is 2.98. The van der Waals surface area contributed by atoms with Crippen molar-refractivity contribution in [2.45, 2.75) is 39.9 Å². The van der Waals surface area contributed by atoms with Crippen molar-refractivity contribution in [2.24, 2.45) is 0 Å². The monoisotopic (exact) mass is 328 g/mol. The maximum atomic E-state index is 9.77. The number of aliphatic hydroxyl groups excluding tert-OH is 2. The standard InChI is InChI=1S/C20H24O4/c1-3-17(13-5-7-19(23)15(9-13)11-21)18(4-2)14-6-8-20(24)16(10-14)12-22/h5-10,21-24H,3-4,11-12H2,1-2H3. The molecule has 0 spiro atoms. The van der Waals surface area contributed by atoms with Crippen LogP contribution in [0, 0.1) is 0 Å². The van der Waals surface area contributed by atoms with Crippen molar-refractivity contribution in [3.63, 3.8) is 0 Å². The SMILES string of the molecule is CCC(=C(CC)c1ccc(O)c(CO)c1)c1ccc(O)c(CO)c1. The highest BCUT2D eigenvalue weighted by Crippen LogP contribution is 2.34. The second-order valence-corrected chi connectivity index (χ2v) is 5.67. The van der Waals surface area contributed by atoms with E-state index in [1.165, 1.54) is 0 Å². The average Bonchev–Trinajstić information content (AvgIpc) is 2.61. The van der Waals surface area contributed by atoms with Crippen LogP contribution >= 0.6 is 0 Å². The highest BCUT2D eigenvalue weighted by molar-refractivity contribution is 5.91. The minimum absolute atomic E-state index is 0.0851. The van der Waals surface area contributed by atoms with E-state index in [9.17, 15) is 20.4 Å². The van der Waals surface area contributed by atoms with Gasteiger partial charge in [0.2, 0.25) is 0 Å². The molecule has 0 saturated carbocycles. The number of aromatic hydroxyl groups is 2. The van der Waals surface area contributed by atoms with E-state index in [1.54, 1.807) is 24.3 Å². The second-order valence-electron chi connectivity index (χ2n) is 5.67. The lowest BCUT2D eigenvalue weighted by Crippen LogP contribution is -1.95. The zero-order chi connectivity index (χ0) is 17.7. The van der Waals surface area contributed by atoms with Crippen LogP contribution in [-0.2, 0) is 13.2 Å². The summed E-state index contributed by atoms with van der Waals surface area (Å²) < 4.78 is 0. The Balaban J connectivity index is 2.62. The highest BCUT2D eigenvalue weighted by atomic mass is 16.3.